The summed E-state index contributed by atoms with van der Waals surface area (Å²) in [4.78, 5) is 12.1. The van der Waals surface area contributed by atoms with Crippen molar-refractivity contribution in [1.29, 1.82) is 0 Å². The normalized spacial score (nSPS) is 16.7. The Morgan fingerprint density at radius 2 is 2.00 bits per heavy atom. The number of sulfonamides is 1. The second kappa shape index (κ2) is 6.55. The Bertz CT molecular complexity index is 622. The lowest BCUT2D eigenvalue weighted by molar-refractivity contribution is 0.0730. The summed E-state index contributed by atoms with van der Waals surface area (Å²) in [7, 11) is -3.58. The van der Waals surface area contributed by atoms with Crippen LogP contribution in [-0.2, 0) is 14.8 Å². The summed E-state index contributed by atoms with van der Waals surface area (Å²) in [5.74, 6) is -0.256. The Labute approximate surface area is 125 Å². The number of hydrogen-bond acceptors (Lipinski definition) is 4. The molecule has 0 aliphatic carbocycles. The maximum atomic E-state index is 12.6. The maximum Gasteiger partial charge on any atom is 0.251 e. The number of morpholine rings is 1. The molecule has 0 atom stereocenters. The van der Waals surface area contributed by atoms with Gasteiger partial charge < -0.3 is 10.1 Å². The van der Waals surface area contributed by atoms with E-state index in [1.54, 1.807) is 19.1 Å². The molecule has 6 nitrogen and oxygen atoms in total. The van der Waals surface area contributed by atoms with Crippen LogP contribution in [-0.4, -0.2) is 51.5 Å². The van der Waals surface area contributed by atoms with E-state index in [9.17, 15) is 13.2 Å². The highest BCUT2D eigenvalue weighted by molar-refractivity contribution is 7.89. The molecule has 7 heteroatoms. The minimum absolute atomic E-state index is 0.149. The molecule has 0 aromatic heterocycles. The maximum absolute atomic E-state index is 12.6. The lowest BCUT2D eigenvalue weighted by Gasteiger charge is -2.26. The van der Waals surface area contributed by atoms with Crippen LogP contribution in [0.4, 0.5) is 0 Å². The average Bonchev–Trinajstić information content (AvgIpc) is 2.48. The molecule has 21 heavy (non-hydrogen) atoms. The van der Waals surface area contributed by atoms with E-state index in [2.05, 4.69) is 5.32 Å². The molecular weight excluding hydrogens is 292 g/mol. The fourth-order valence-corrected chi connectivity index (χ4v) is 3.63. The van der Waals surface area contributed by atoms with Crippen LogP contribution >= 0.6 is 0 Å². The van der Waals surface area contributed by atoms with Gasteiger partial charge in [-0.05, 0) is 31.5 Å². The van der Waals surface area contributed by atoms with Crippen molar-refractivity contribution in [1.82, 2.24) is 9.62 Å². The lowest BCUT2D eigenvalue weighted by Crippen LogP contribution is -2.40. The van der Waals surface area contributed by atoms with Gasteiger partial charge in [-0.3, -0.25) is 4.79 Å². The second-order valence-corrected chi connectivity index (χ2v) is 6.79. The van der Waals surface area contributed by atoms with Crippen molar-refractivity contribution < 1.29 is 17.9 Å². The highest BCUT2D eigenvalue weighted by Crippen LogP contribution is 2.20. The van der Waals surface area contributed by atoms with E-state index in [1.165, 1.54) is 10.4 Å². The SMILES string of the molecule is CCNC(=O)c1cc(S(=O)(=O)N2CCOCC2)ccc1C. The third-order valence-corrected chi connectivity index (χ3v) is 5.29. The zero-order valence-corrected chi connectivity index (χ0v) is 13.1. The van der Waals surface area contributed by atoms with Gasteiger partial charge in [0.15, 0.2) is 0 Å². The van der Waals surface area contributed by atoms with E-state index in [1.807, 2.05) is 6.92 Å². The fraction of sp³-hybridized carbons (Fsp3) is 0.500. The number of hydrogen-bond donors (Lipinski definition) is 1. The summed E-state index contributed by atoms with van der Waals surface area (Å²) < 4.78 is 31.7. The molecule has 1 N–H and O–H groups in total. The highest BCUT2D eigenvalue weighted by Gasteiger charge is 2.27. The number of nitrogens with zero attached hydrogens (tertiary/aromatic N) is 1. The Hall–Kier alpha value is -1.44. The first-order valence-electron chi connectivity index (χ1n) is 6.93. The molecule has 1 heterocycles. The fourth-order valence-electron chi connectivity index (χ4n) is 2.20. The van der Waals surface area contributed by atoms with Gasteiger partial charge in [0.2, 0.25) is 10.0 Å². The first-order valence-corrected chi connectivity index (χ1v) is 8.37. The largest absolute Gasteiger partial charge is 0.379 e. The van der Waals surface area contributed by atoms with E-state index in [-0.39, 0.29) is 10.8 Å². The van der Waals surface area contributed by atoms with E-state index < -0.39 is 10.0 Å². The quantitative estimate of drug-likeness (QED) is 0.891. The molecular formula is C14H20N2O4S. The van der Waals surface area contributed by atoms with Crippen molar-refractivity contribution in [3.63, 3.8) is 0 Å². The molecule has 1 saturated heterocycles. The van der Waals surface area contributed by atoms with Crippen LogP contribution in [0.2, 0.25) is 0 Å². The predicted octanol–water partition coefficient (Wildman–Crippen LogP) is 0.766. The molecule has 0 unspecified atom stereocenters. The first kappa shape index (κ1) is 15.9. The molecule has 1 fully saturated rings. The van der Waals surface area contributed by atoms with E-state index in [0.717, 1.165) is 5.56 Å². The zero-order chi connectivity index (χ0) is 15.5. The van der Waals surface area contributed by atoms with Gasteiger partial charge in [-0.15, -0.1) is 0 Å². The second-order valence-electron chi connectivity index (χ2n) is 4.85. The Kier molecular flexibility index (Phi) is 4.97. The van der Waals surface area contributed by atoms with Gasteiger partial charge in [0.25, 0.3) is 5.91 Å². The number of aryl methyl sites for hydroxylation is 1. The monoisotopic (exact) mass is 312 g/mol. The smallest absolute Gasteiger partial charge is 0.251 e. The van der Waals surface area contributed by atoms with Crippen molar-refractivity contribution in [2.75, 3.05) is 32.8 Å². The lowest BCUT2D eigenvalue weighted by atomic mass is 10.1. The summed E-state index contributed by atoms with van der Waals surface area (Å²) in [6, 6.07) is 4.66. The third kappa shape index (κ3) is 3.42. The Morgan fingerprint density at radius 1 is 1.33 bits per heavy atom. The Balaban J connectivity index is 2.35. The predicted molar refractivity (Wildman–Crippen MR) is 78.8 cm³/mol. The summed E-state index contributed by atoms with van der Waals surface area (Å²) >= 11 is 0. The minimum Gasteiger partial charge on any atom is -0.379 e. The van der Waals surface area contributed by atoms with Gasteiger partial charge in [0.05, 0.1) is 18.1 Å². The number of rotatable bonds is 4. The summed E-state index contributed by atoms with van der Waals surface area (Å²) in [6.07, 6.45) is 0. The summed E-state index contributed by atoms with van der Waals surface area (Å²) in [6.45, 7) is 5.58. The number of amides is 1. The molecule has 2 rings (SSSR count). The van der Waals surface area contributed by atoms with Crippen LogP contribution in [0, 0.1) is 6.92 Å². The van der Waals surface area contributed by atoms with Crippen LogP contribution in [0.5, 0.6) is 0 Å². The van der Waals surface area contributed by atoms with E-state index >= 15 is 0 Å². The zero-order valence-electron chi connectivity index (χ0n) is 12.3. The molecule has 1 aromatic rings. The number of ether oxygens (including phenoxy) is 1. The van der Waals surface area contributed by atoms with Gasteiger partial charge in [0, 0.05) is 25.2 Å². The van der Waals surface area contributed by atoms with Crippen molar-refractivity contribution >= 4 is 15.9 Å². The van der Waals surface area contributed by atoms with Crippen LogP contribution in [0.1, 0.15) is 22.8 Å². The molecule has 0 spiro atoms. The third-order valence-electron chi connectivity index (χ3n) is 3.40. The molecule has 116 valence electrons. The number of benzene rings is 1. The van der Waals surface area contributed by atoms with Gasteiger partial charge >= 0.3 is 0 Å². The van der Waals surface area contributed by atoms with Crippen molar-refractivity contribution in [2.45, 2.75) is 18.7 Å². The van der Waals surface area contributed by atoms with E-state index in [0.29, 0.717) is 38.4 Å². The summed E-state index contributed by atoms with van der Waals surface area (Å²) in [5.41, 5.74) is 1.15. The van der Waals surface area contributed by atoms with Crippen molar-refractivity contribution in [2.24, 2.45) is 0 Å². The van der Waals surface area contributed by atoms with Crippen LogP contribution in [0.25, 0.3) is 0 Å². The van der Waals surface area contributed by atoms with Crippen LogP contribution < -0.4 is 5.32 Å². The molecule has 1 aromatic carbocycles. The minimum atomic E-state index is -3.58. The molecule has 1 aliphatic rings. The number of carbonyl (C=O) groups is 1. The molecule has 0 saturated carbocycles. The van der Waals surface area contributed by atoms with Crippen LogP contribution in [0.3, 0.4) is 0 Å². The van der Waals surface area contributed by atoms with Crippen LogP contribution in [0.15, 0.2) is 23.1 Å². The molecule has 1 aliphatic heterocycles. The number of nitrogens with one attached hydrogen (secondary N) is 1. The highest BCUT2D eigenvalue weighted by atomic mass is 32.2. The van der Waals surface area contributed by atoms with Crippen molar-refractivity contribution in [3.8, 4) is 0 Å². The average molecular weight is 312 g/mol. The van der Waals surface area contributed by atoms with Gasteiger partial charge in [-0.2, -0.15) is 4.31 Å². The summed E-state index contributed by atoms with van der Waals surface area (Å²) in [5, 5.41) is 2.69. The Morgan fingerprint density at radius 3 is 2.62 bits per heavy atom. The van der Waals surface area contributed by atoms with Crippen molar-refractivity contribution in [3.05, 3.63) is 29.3 Å². The molecule has 1 amide bonds. The van der Waals surface area contributed by atoms with Gasteiger partial charge in [-0.25, -0.2) is 8.42 Å². The topological polar surface area (TPSA) is 75.7 Å². The van der Waals surface area contributed by atoms with E-state index in [4.69, 9.17) is 4.74 Å². The first-order chi connectivity index (χ1) is 9.96. The van der Waals surface area contributed by atoms with Gasteiger partial charge in [-0.1, -0.05) is 6.07 Å². The molecule has 0 radical (unpaired) electrons. The molecule has 0 bridgehead atoms. The van der Waals surface area contributed by atoms with Gasteiger partial charge in [0.1, 0.15) is 0 Å². The number of carbonyl (C=O) groups excluding carboxylic acids is 1. The standard InChI is InChI=1S/C14H20N2O4S/c1-3-15-14(17)13-10-12(5-4-11(13)2)21(18,19)16-6-8-20-9-7-16/h4-5,10H,3,6-9H2,1-2H3,(H,15,17).